The summed E-state index contributed by atoms with van der Waals surface area (Å²) in [6, 6.07) is 13.2. The first-order valence-corrected chi connectivity index (χ1v) is 10.9. The Labute approximate surface area is 175 Å². The number of imidazole rings is 1. The van der Waals surface area contributed by atoms with E-state index in [4.69, 9.17) is 0 Å². The van der Waals surface area contributed by atoms with Crippen molar-refractivity contribution in [1.29, 1.82) is 0 Å². The molecule has 0 atom stereocenters. The summed E-state index contributed by atoms with van der Waals surface area (Å²) in [7, 11) is 0. The fourth-order valence-corrected chi connectivity index (χ4v) is 3.65. The van der Waals surface area contributed by atoms with E-state index in [-0.39, 0.29) is 24.4 Å². The zero-order valence-corrected chi connectivity index (χ0v) is 18.0. The predicted octanol–water partition coefficient (Wildman–Crippen LogP) is 3.98. The van der Waals surface area contributed by atoms with Crippen LogP contribution < -0.4 is 10.6 Å². The van der Waals surface area contributed by atoms with Crippen LogP contribution in [0.1, 0.15) is 35.6 Å². The van der Waals surface area contributed by atoms with Gasteiger partial charge in [-0.1, -0.05) is 18.2 Å². The van der Waals surface area contributed by atoms with Crippen LogP contribution in [0.5, 0.6) is 0 Å². The van der Waals surface area contributed by atoms with Crippen LogP contribution in [0.25, 0.3) is 11.0 Å². The van der Waals surface area contributed by atoms with Crippen molar-refractivity contribution < 1.29 is 9.59 Å². The topological polar surface area (TPSA) is 76.0 Å². The number of carbonyl (C=O) groups excluding carboxylic acids is 2. The van der Waals surface area contributed by atoms with Crippen LogP contribution in [0.2, 0.25) is 0 Å². The van der Waals surface area contributed by atoms with Gasteiger partial charge < -0.3 is 15.2 Å². The van der Waals surface area contributed by atoms with Crippen molar-refractivity contribution in [3.63, 3.8) is 0 Å². The SMILES string of the molecule is CSCc1nc2ccccc2n1CC(=O)Nc1ccc(C)c(C(=O)NC(C)C)c1. The first-order chi connectivity index (χ1) is 13.9. The first-order valence-electron chi connectivity index (χ1n) is 9.53. The zero-order valence-electron chi connectivity index (χ0n) is 17.2. The molecule has 0 radical (unpaired) electrons. The Morgan fingerprint density at radius 1 is 1.17 bits per heavy atom. The van der Waals surface area contributed by atoms with Crippen molar-refractivity contribution in [2.75, 3.05) is 11.6 Å². The zero-order chi connectivity index (χ0) is 21.0. The highest BCUT2D eigenvalue weighted by molar-refractivity contribution is 7.97. The van der Waals surface area contributed by atoms with Crippen LogP contribution in [-0.2, 0) is 17.1 Å². The Bertz CT molecular complexity index is 1040. The minimum Gasteiger partial charge on any atom is -0.350 e. The van der Waals surface area contributed by atoms with Crippen LogP contribution in [0.15, 0.2) is 42.5 Å². The molecule has 0 unspecified atom stereocenters. The molecule has 6 nitrogen and oxygen atoms in total. The third kappa shape index (κ3) is 4.98. The Balaban J connectivity index is 1.80. The van der Waals surface area contributed by atoms with Crippen LogP contribution in [0.3, 0.4) is 0 Å². The largest absolute Gasteiger partial charge is 0.350 e. The van der Waals surface area contributed by atoms with Crippen LogP contribution in [-0.4, -0.2) is 33.7 Å². The van der Waals surface area contributed by atoms with Crippen molar-refractivity contribution >= 4 is 40.3 Å². The number of anilines is 1. The lowest BCUT2D eigenvalue weighted by Gasteiger charge is -2.13. The molecule has 0 fully saturated rings. The number of rotatable bonds is 7. The highest BCUT2D eigenvalue weighted by atomic mass is 32.2. The van der Waals surface area contributed by atoms with Crippen molar-refractivity contribution in [3.8, 4) is 0 Å². The van der Waals surface area contributed by atoms with Gasteiger partial charge in [-0.2, -0.15) is 11.8 Å². The molecule has 0 aliphatic carbocycles. The van der Waals surface area contributed by atoms with Gasteiger partial charge in [-0.25, -0.2) is 4.98 Å². The maximum Gasteiger partial charge on any atom is 0.251 e. The fourth-order valence-electron chi connectivity index (χ4n) is 3.17. The number of hydrogen-bond donors (Lipinski definition) is 2. The van der Waals surface area contributed by atoms with E-state index in [0.717, 1.165) is 28.2 Å². The van der Waals surface area contributed by atoms with Gasteiger partial charge >= 0.3 is 0 Å². The molecule has 3 aromatic rings. The predicted molar refractivity (Wildman–Crippen MR) is 119 cm³/mol. The number of fused-ring (bicyclic) bond motifs is 1. The van der Waals surface area contributed by atoms with E-state index in [1.165, 1.54) is 0 Å². The Morgan fingerprint density at radius 2 is 1.93 bits per heavy atom. The Morgan fingerprint density at radius 3 is 2.66 bits per heavy atom. The van der Waals surface area contributed by atoms with Crippen molar-refractivity contribution in [2.45, 2.75) is 39.1 Å². The average molecular weight is 411 g/mol. The molecule has 0 aliphatic rings. The summed E-state index contributed by atoms with van der Waals surface area (Å²) in [6.45, 7) is 5.88. The number of para-hydroxylation sites is 2. The molecule has 0 saturated heterocycles. The smallest absolute Gasteiger partial charge is 0.251 e. The summed E-state index contributed by atoms with van der Waals surface area (Å²) in [5, 5.41) is 5.81. The monoisotopic (exact) mass is 410 g/mol. The number of hydrogen-bond acceptors (Lipinski definition) is 4. The van der Waals surface area contributed by atoms with Gasteiger partial charge in [0.15, 0.2) is 0 Å². The molecule has 0 saturated carbocycles. The van der Waals surface area contributed by atoms with Gasteiger partial charge in [0.2, 0.25) is 5.91 Å². The number of amides is 2. The molecule has 7 heteroatoms. The highest BCUT2D eigenvalue weighted by Gasteiger charge is 2.15. The highest BCUT2D eigenvalue weighted by Crippen LogP contribution is 2.20. The first kappa shape index (κ1) is 20.9. The average Bonchev–Trinajstić information content (AvgIpc) is 3.00. The third-order valence-electron chi connectivity index (χ3n) is 4.49. The van der Waals surface area contributed by atoms with Crippen LogP contribution in [0.4, 0.5) is 5.69 Å². The number of aromatic nitrogens is 2. The van der Waals surface area contributed by atoms with Crippen molar-refractivity contribution in [3.05, 3.63) is 59.4 Å². The van der Waals surface area contributed by atoms with Crippen LogP contribution in [0, 0.1) is 6.92 Å². The van der Waals surface area contributed by atoms with Crippen LogP contribution >= 0.6 is 11.8 Å². The maximum atomic E-state index is 12.8. The normalized spacial score (nSPS) is 11.1. The molecule has 0 spiro atoms. The number of thioether (sulfide) groups is 1. The number of nitrogens with one attached hydrogen (secondary N) is 2. The molecule has 152 valence electrons. The number of benzene rings is 2. The van der Waals surface area contributed by atoms with Gasteiger partial charge in [-0.05, 0) is 56.9 Å². The number of aryl methyl sites for hydroxylation is 1. The molecule has 0 bridgehead atoms. The second kappa shape index (κ2) is 9.13. The third-order valence-corrected chi connectivity index (χ3v) is 5.04. The second-order valence-corrected chi connectivity index (χ2v) is 8.11. The molecule has 2 amide bonds. The Kier molecular flexibility index (Phi) is 6.59. The van der Waals surface area contributed by atoms with Gasteiger partial charge in [-0.15, -0.1) is 0 Å². The summed E-state index contributed by atoms with van der Waals surface area (Å²) >= 11 is 1.67. The minimum atomic E-state index is -0.158. The van der Waals surface area contributed by atoms with Gasteiger partial charge in [-0.3, -0.25) is 9.59 Å². The lowest BCUT2D eigenvalue weighted by atomic mass is 10.1. The van der Waals surface area contributed by atoms with Gasteiger partial charge in [0.05, 0.1) is 16.8 Å². The molecular formula is C22H26N4O2S. The van der Waals surface area contributed by atoms with E-state index < -0.39 is 0 Å². The Hall–Kier alpha value is -2.80. The van der Waals surface area contributed by atoms with E-state index in [0.29, 0.717) is 11.3 Å². The van der Waals surface area contributed by atoms with Crippen molar-refractivity contribution in [2.24, 2.45) is 0 Å². The molecule has 3 rings (SSSR count). The lowest BCUT2D eigenvalue weighted by molar-refractivity contribution is -0.116. The van der Waals surface area contributed by atoms with Crippen molar-refractivity contribution in [1.82, 2.24) is 14.9 Å². The standard InChI is InChI=1S/C22H26N4O2S/c1-14(2)23-22(28)17-11-16(10-9-15(17)3)24-21(27)12-26-19-8-6-5-7-18(19)25-20(26)13-29-4/h5-11,14H,12-13H2,1-4H3,(H,23,28)(H,24,27). The van der Waals surface area contributed by atoms with E-state index in [9.17, 15) is 9.59 Å². The fraction of sp³-hybridized carbons (Fsp3) is 0.318. The second-order valence-electron chi connectivity index (χ2n) is 7.24. The number of nitrogens with zero attached hydrogens (tertiary/aromatic N) is 2. The number of carbonyl (C=O) groups is 2. The molecule has 1 heterocycles. The summed E-state index contributed by atoms with van der Waals surface area (Å²) in [5.41, 5.74) is 3.85. The maximum absolute atomic E-state index is 12.8. The molecule has 2 N–H and O–H groups in total. The van der Waals surface area contributed by atoms with E-state index in [1.54, 1.807) is 17.8 Å². The lowest BCUT2D eigenvalue weighted by Crippen LogP contribution is -2.30. The minimum absolute atomic E-state index is 0.0459. The summed E-state index contributed by atoms with van der Waals surface area (Å²) < 4.78 is 1.95. The van der Waals surface area contributed by atoms with E-state index in [2.05, 4.69) is 15.6 Å². The summed E-state index contributed by atoms with van der Waals surface area (Å²) in [6.07, 6.45) is 2.01. The summed E-state index contributed by atoms with van der Waals surface area (Å²) in [4.78, 5) is 29.8. The molecule has 1 aromatic heterocycles. The summed E-state index contributed by atoms with van der Waals surface area (Å²) in [5.74, 6) is 1.30. The van der Waals surface area contributed by atoms with Gasteiger partial charge in [0.1, 0.15) is 12.4 Å². The van der Waals surface area contributed by atoms with Gasteiger partial charge in [0, 0.05) is 17.3 Å². The quantitative estimate of drug-likeness (QED) is 0.618. The molecular weight excluding hydrogens is 384 g/mol. The van der Waals surface area contributed by atoms with E-state index in [1.807, 2.05) is 68.0 Å². The van der Waals surface area contributed by atoms with E-state index >= 15 is 0 Å². The molecule has 0 aliphatic heterocycles. The molecule has 2 aromatic carbocycles. The molecule has 29 heavy (non-hydrogen) atoms. The van der Waals surface area contributed by atoms with Gasteiger partial charge in [0.25, 0.3) is 5.91 Å².